The van der Waals surface area contributed by atoms with Crippen molar-refractivity contribution < 1.29 is 14.4 Å². The highest BCUT2D eigenvalue weighted by atomic mass is 35.5. The fraction of sp³-hybridized carbons (Fsp3) is 0.143. The molecule has 3 atom stereocenters. The van der Waals surface area contributed by atoms with Crippen molar-refractivity contribution in [2.24, 2.45) is 5.92 Å². The Balaban J connectivity index is 1.45. The number of anilines is 2. The minimum absolute atomic E-state index is 0.241. The Hall–Kier alpha value is -3.08. The van der Waals surface area contributed by atoms with Crippen LogP contribution in [0.1, 0.15) is 16.4 Å². The molecule has 202 valence electrons. The van der Waals surface area contributed by atoms with Crippen LogP contribution in [0.4, 0.5) is 11.4 Å². The fourth-order valence-electron chi connectivity index (χ4n) is 5.06. The molecule has 0 saturated carbocycles. The van der Waals surface area contributed by atoms with E-state index in [9.17, 15) is 19.2 Å². The Labute approximate surface area is 251 Å². The van der Waals surface area contributed by atoms with Gasteiger partial charge in [-0.25, -0.2) is 4.90 Å². The number of aromatic nitrogens is 1. The number of hydrogen-bond acceptors (Lipinski definition) is 6. The van der Waals surface area contributed by atoms with E-state index in [4.69, 9.17) is 34.8 Å². The topological polar surface area (TPSA) is 88.5 Å². The first-order valence-electron chi connectivity index (χ1n) is 12.1. The number of carbonyl (C=O) groups excluding carboxylic acids is 3. The number of thiazole rings is 1. The minimum atomic E-state index is -0.854. The molecule has 0 aliphatic carbocycles. The Morgan fingerprint density at radius 2 is 1.60 bits per heavy atom. The first-order chi connectivity index (χ1) is 19.2. The number of imide groups is 1. The molecule has 3 heterocycles. The number of halogens is 3. The lowest BCUT2D eigenvalue weighted by Crippen LogP contribution is -2.33. The van der Waals surface area contributed by atoms with Crippen LogP contribution in [0.2, 0.25) is 15.1 Å². The van der Waals surface area contributed by atoms with Crippen LogP contribution in [0.5, 0.6) is 0 Å². The standard InChI is InChI=1S/C28H18Cl3N3O4S2/c29-14-9-11-16(12-10-14)34-25(36)21-20(17-7-4-8-18(30)22(17)31)24-27(39-23(21)26(34)37)33(28(38)40-24)13-19(35)32-15-5-2-1-3-6-15/h1-12,20-21,23H,13H2,(H,32,35). The van der Waals surface area contributed by atoms with Gasteiger partial charge in [-0.2, -0.15) is 0 Å². The highest BCUT2D eigenvalue weighted by Crippen LogP contribution is 2.55. The van der Waals surface area contributed by atoms with E-state index >= 15 is 0 Å². The predicted octanol–water partition coefficient (Wildman–Crippen LogP) is 6.30. The lowest BCUT2D eigenvalue weighted by atomic mass is 9.83. The molecule has 6 rings (SSSR count). The molecule has 2 aliphatic rings. The summed E-state index contributed by atoms with van der Waals surface area (Å²) in [5.74, 6) is -2.80. The van der Waals surface area contributed by atoms with Crippen molar-refractivity contribution in [3.05, 3.63) is 108 Å². The third kappa shape index (κ3) is 4.65. The fourth-order valence-corrected chi connectivity index (χ4v) is 8.38. The van der Waals surface area contributed by atoms with Crippen LogP contribution < -0.4 is 15.1 Å². The van der Waals surface area contributed by atoms with E-state index in [1.807, 2.05) is 6.07 Å². The SMILES string of the molecule is O=C(Cn1c2c(sc1=O)C(c1cccc(Cl)c1Cl)C1C(=O)N(c3ccc(Cl)cc3)C(=O)C1S2)Nc1ccccc1. The number of benzene rings is 3. The van der Waals surface area contributed by atoms with Crippen LogP contribution in [-0.2, 0) is 20.9 Å². The molecule has 7 nitrogen and oxygen atoms in total. The van der Waals surface area contributed by atoms with E-state index in [0.29, 0.717) is 31.9 Å². The third-order valence-corrected chi connectivity index (χ3v) is 10.5. The normalized spacial score (nSPS) is 19.9. The molecule has 3 aromatic carbocycles. The Bertz CT molecular complexity index is 1720. The van der Waals surface area contributed by atoms with Crippen LogP contribution in [0.25, 0.3) is 0 Å². The maximum Gasteiger partial charge on any atom is 0.308 e. The largest absolute Gasteiger partial charge is 0.325 e. The minimum Gasteiger partial charge on any atom is -0.325 e. The maximum atomic E-state index is 13.9. The van der Waals surface area contributed by atoms with Crippen LogP contribution >= 0.6 is 57.9 Å². The molecule has 4 aromatic rings. The number of fused-ring (bicyclic) bond motifs is 2. The molecule has 3 amide bonds. The molecular formula is C28H18Cl3N3O4S2. The number of carbonyl (C=O) groups is 3. The second kappa shape index (κ2) is 10.7. The van der Waals surface area contributed by atoms with Crippen LogP contribution in [0.15, 0.2) is 82.6 Å². The summed E-state index contributed by atoms with van der Waals surface area (Å²) >= 11 is 21.1. The number of rotatable bonds is 5. The average Bonchev–Trinajstić information content (AvgIpc) is 3.38. The van der Waals surface area contributed by atoms with Crippen LogP contribution in [0.3, 0.4) is 0 Å². The van der Waals surface area contributed by atoms with Gasteiger partial charge in [0.2, 0.25) is 17.7 Å². The van der Waals surface area contributed by atoms with E-state index in [1.165, 1.54) is 4.57 Å². The van der Waals surface area contributed by atoms with Crippen molar-refractivity contribution in [2.75, 3.05) is 10.2 Å². The molecular weight excluding hydrogens is 613 g/mol. The van der Waals surface area contributed by atoms with Gasteiger partial charge in [0.1, 0.15) is 11.8 Å². The molecule has 3 unspecified atom stereocenters. The zero-order chi connectivity index (χ0) is 28.1. The quantitative estimate of drug-likeness (QED) is 0.261. The number of nitrogens with zero attached hydrogens (tertiary/aromatic N) is 2. The van der Waals surface area contributed by atoms with Crippen molar-refractivity contribution in [3.8, 4) is 0 Å². The van der Waals surface area contributed by atoms with Gasteiger partial charge in [0.15, 0.2) is 0 Å². The second-order valence-corrected chi connectivity index (χ2v) is 12.6. The monoisotopic (exact) mass is 629 g/mol. The van der Waals surface area contributed by atoms with Gasteiger partial charge in [0.25, 0.3) is 0 Å². The number of hydrogen-bond donors (Lipinski definition) is 1. The molecule has 1 saturated heterocycles. The highest BCUT2D eigenvalue weighted by molar-refractivity contribution is 8.00. The summed E-state index contributed by atoms with van der Waals surface area (Å²) < 4.78 is 1.35. The van der Waals surface area contributed by atoms with E-state index < -0.39 is 34.8 Å². The summed E-state index contributed by atoms with van der Waals surface area (Å²) in [5, 5.41) is 3.39. The van der Waals surface area contributed by atoms with Crippen molar-refractivity contribution in [1.29, 1.82) is 0 Å². The van der Waals surface area contributed by atoms with Crippen molar-refractivity contribution >= 4 is 87.0 Å². The summed E-state index contributed by atoms with van der Waals surface area (Å²) in [6.07, 6.45) is 0. The molecule has 40 heavy (non-hydrogen) atoms. The summed E-state index contributed by atoms with van der Waals surface area (Å²) in [6, 6.07) is 20.4. The molecule has 0 bridgehead atoms. The van der Waals surface area contributed by atoms with Gasteiger partial charge >= 0.3 is 4.87 Å². The van der Waals surface area contributed by atoms with Gasteiger partial charge in [0, 0.05) is 21.5 Å². The average molecular weight is 631 g/mol. The van der Waals surface area contributed by atoms with Gasteiger partial charge in [-0.15, -0.1) is 0 Å². The van der Waals surface area contributed by atoms with Gasteiger partial charge in [-0.3, -0.25) is 23.7 Å². The van der Waals surface area contributed by atoms with E-state index in [2.05, 4.69) is 5.32 Å². The lowest BCUT2D eigenvalue weighted by Gasteiger charge is -2.31. The first kappa shape index (κ1) is 27.1. The van der Waals surface area contributed by atoms with Crippen molar-refractivity contribution in [2.45, 2.75) is 22.7 Å². The molecule has 0 spiro atoms. The van der Waals surface area contributed by atoms with Crippen molar-refractivity contribution in [3.63, 3.8) is 0 Å². The Kier molecular flexibility index (Phi) is 7.27. The maximum absolute atomic E-state index is 13.9. The van der Waals surface area contributed by atoms with E-state index in [-0.39, 0.29) is 21.5 Å². The number of nitrogens with one attached hydrogen (secondary N) is 1. The van der Waals surface area contributed by atoms with Crippen molar-refractivity contribution in [1.82, 2.24) is 4.57 Å². The Morgan fingerprint density at radius 3 is 2.33 bits per heavy atom. The first-order valence-corrected chi connectivity index (χ1v) is 14.9. The zero-order valence-electron chi connectivity index (χ0n) is 20.3. The van der Waals surface area contributed by atoms with Crippen LogP contribution in [0, 0.1) is 5.92 Å². The zero-order valence-corrected chi connectivity index (χ0v) is 24.2. The van der Waals surface area contributed by atoms with Gasteiger partial charge < -0.3 is 5.32 Å². The summed E-state index contributed by atoms with van der Waals surface area (Å²) in [6.45, 7) is -0.261. The van der Waals surface area contributed by atoms with Gasteiger partial charge in [0.05, 0.1) is 26.7 Å². The summed E-state index contributed by atoms with van der Waals surface area (Å²) in [5.41, 5.74) is 1.52. The smallest absolute Gasteiger partial charge is 0.308 e. The molecule has 1 fully saturated rings. The highest BCUT2D eigenvalue weighted by Gasteiger charge is 2.57. The number of para-hydroxylation sites is 1. The molecule has 2 aliphatic heterocycles. The molecule has 1 aromatic heterocycles. The predicted molar refractivity (Wildman–Crippen MR) is 159 cm³/mol. The summed E-state index contributed by atoms with van der Waals surface area (Å²) in [4.78, 5) is 55.2. The van der Waals surface area contributed by atoms with E-state index in [0.717, 1.165) is 28.0 Å². The van der Waals surface area contributed by atoms with Gasteiger partial charge in [-0.05, 0) is 48.0 Å². The molecule has 12 heteroatoms. The number of thioether (sulfide) groups is 1. The van der Waals surface area contributed by atoms with Crippen LogP contribution in [-0.4, -0.2) is 27.5 Å². The Morgan fingerprint density at radius 1 is 0.875 bits per heavy atom. The van der Waals surface area contributed by atoms with Gasteiger partial charge in [-0.1, -0.05) is 88.2 Å². The van der Waals surface area contributed by atoms with E-state index in [1.54, 1.807) is 66.7 Å². The lowest BCUT2D eigenvalue weighted by molar-refractivity contribution is -0.122. The molecule has 1 N–H and O–H groups in total. The molecule has 0 radical (unpaired) electrons. The second-order valence-electron chi connectivity index (χ2n) is 9.21. The third-order valence-electron chi connectivity index (χ3n) is 6.81. The number of amides is 3. The summed E-state index contributed by atoms with van der Waals surface area (Å²) in [7, 11) is 0.